The molecule has 0 fully saturated rings. The predicted molar refractivity (Wildman–Crippen MR) is 65.0 cm³/mol. The van der Waals surface area contributed by atoms with Gasteiger partial charge in [0.25, 0.3) is 0 Å². The summed E-state index contributed by atoms with van der Waals surface area (Å²) in [4.78, 5) is 0. The smallest absolute Gasteiger partial charge is 0.147 e. The van der Waals surface area contributed by atoms with Crippen LogP contribution in [0.4, 0.5) is 0 Å². The summed E-state index contributed by atoms with van der Waals surface area (Å²) in [5, 5.41) is 0. The Kier molecular flexibility index (Phi) is 8.03. The van der Waals surface area contributed by atoms with Crippen LogP contribution in [0.25, 0.3) is 0 Å². The van der Waals surface area contributed by atoms with Gasteiger partial charge in [-0.25, -0.2) is 0 Å². The molecule has 0 amide bonds. The van der Waals surface area contributed by atoms with Crippen LogP contribution in [0, 0.1) is 6.92 Å². The molecule has 0 N–H and O–H groups in total. The van der Waals surface area contributed by atoms with Gasteiger partial charge in [0.2, 0.25) is 0 Å². The van der Waals surface area contributed by atoms with Crippen molar-refractivity contribution in [1.82, 2.24) is 0 Å². The van der Waals surface area contributed by atoms with Crippen molar-refractivity contribution in [3.8, 4) is 5.75 Å². The summed E-state index contributed by atoms with van der Waals surface area (Å²) in [6, 6.07) is 6.31. The molecule has 0 aliphatic heterocycles. The van der Waals surface area contributed by atoms with Crippen molar-refractivity contribution < 1.29 is 24.1 Å². The third-order valence-corrected chi connectivity index (χ3v) is 2.40. The molecule has 15 heavy (non-hydrogen) atoms. The molecule has 0 aromatic heterocycles. The Hall–Kier alpha value is 0.314. The van der Waals surface area contributed by atoms with Crippen LogP contribution in [-0.2, 0) is 26.2 Å². The standard InChI is InChI=1S/C11H16O.2ClH.Ti/c1-8-5-6-10(12)9(7-8)11(2,3)4;;;/h5-7,12H,1-4H3;2*1H;/q;;;+1/p-1. The van der Waals surface area contributed by atoms with Crippen LogP contribution in [-0.4, -0.2) is 0 Å². The molecule has 1 aromatic carbocycles. The van der Waals surface area contributed by atoms with E-state index >= 15 is 0 Å². The molecule has 0 atom stereocenters. The van der Waals surface area contributed by atoms with E-state index in [0.717, 1.165) is 5.75 Å². The van der Waals surface area contributed by atoms with E-state index in [2.05, 4.69) is 39.8 Å². The minimum absolute atomic E-state index is 0. The van der Waals surface area contributed by atoms with Crippen LogP contribution in [0.3, 0.4) is 0 Å². The molecule has 85 valence electrons. The fraction of sp³-hybridized carbons (Fsp3) is 0.455. The van der Waals surface area contributed by atoms with Gasteiger partial charge >= 0.3 is 92.3 Å². The van der Waals surface area contributed by atoms with Gasteiger partial charge in [-0.05, 0) is 0 Å². The molecule has 0 heterocycles. The molecule has 0 saturated heterocycles. The van der Waals surface area contributed by atoms with Crippen molar-refractivity contribution in [3.63, 3.8) is 0 Å². The summed E-state index contributed by atoms with van der Waals surface area (Å²) in [7, 11) is 0. The number of rotatable bonds is 1. The maximum absolute atomic E-state index is 5.33. The summed E-state index contributed by atoms with van der Waals surface area (Å²) in [5.74, 6) is 0.984. The van der Waals surface area contributed by atoms with Gasteiger partial charge in [0, 0.05) is 0 Å². The van der Waals surface area contributed by atoms with E-state index in [4.69, 9.17) is 3.32 Å². The van der Waals surface area contributed by atoms with Crippen molar-refractivity contribution in [2.75, 3.05) is 0 Å². The van der Waals surface area contributed by atoms with E-state index in [9.17, 15) is 0 Å². The molecular formula is C11H17Cl2OTi. The van der Waals surface area contributed by atoms with Crippen molar-refractivity contribution in [2.45, 2.75) is 33.1 Å². The van der Waals surface area contributed by atoms with Crippen molar-refractivity contribution in [1.29, 1.82) is 0 Å². The minimum atomic E-state index is 0. The van der Waals surface area contributed by atoms with E-state index in [1.165, 1.54) is 11.1 Å². The van der Waals surface area contributed by atoms with Gasteiger partial charge in [-0.3, -0.25) is 0 Å². The van der Waals surface area contributed by atoms with Crippen LogP contribution in [0.2, 0.25) is 0 Å². The van der Waals surface area contributed by atoms with Gasteiger partial charge in [0.1, 0.15) is 0 Å². The average Bonchev–Trinajstić information content (AvgIpc) is 2.03. The Balaban J connectivity index is 0. The summed E-state index contributed by atoms with van der Waals surface area (Å²) in [6.07, 6.45) is 0. The van der Waals surface area contributed by atoms with Crippen molar-refractivity contribution in [3.05, 3.63) is 29.3 Å². The molecule has 4 heteroatoms. The largest absolute Gasteiger partial charge is 0.147 e. The van der Waals surface area contributed by atoms with Crippen LogP contribution in [0.1, 0.15) is 31.9 Å². The summed E-state index contributed by atoms with van der Waals surface area (Å²) in [6.45, 7) is 8.70. The molecular weight excluding hydrogens is 267 g/mol. The Morgan fingerprint density at radius 2 is 1.67 bits per heavy atom. The quantitative estimate of drug-likeness (QED) is 0.709. The molecule has 0 bridgehead atoms. The molecule has 0 aliphatic carbocycles. The summed E-state index contributed by atoms with van der Waals surface area (Å²) in [5.41, 5.74) is 2.71. The summed E-state index contributed by atoms with van der Waals surface area (Å²) >= 11 is 1.72. The van der Waals surface area contributed by atoms with Gasteiger partial charge in [-0.2, -0.15) is 0 Å². The third kappa shape index (κ3) is 4.78. The topological polar surface area (TPSA) is 9.23 Å². The van der Waals surface area contributed by atoms with Crippen LogP contribution < -0.4 is 3.32 Å². The molecule has 0 saturated carbocycles. The Morgan fingerprint density at radius 1 is 1.13 bits per heavy atom. The number of halogens is 2. The normalized spacial score (nSPS) is 9.80. The average molecular weight is 284 g/mol. The number of benzene rings is 1. The first-order valence-corrected chi connectivity index (χ1v) is 5.03. The number of hydrogen-bond donors (Lipinski definition) is 0. The zero-order valence-electron chi connectivity index (χ0n) is 9.46. The summed E-state index contributed by atoms with van der Waals surface area (Å²) < 4.78 is 5.33. The molecule has 0 unspecified atom stereocenters. The molecule has 0 spiro atoms. The van der Waals surface area contributed by atoms with Crippen LogP contribution >= 0.6 is 24.8 Å². The maximum Gasteiger partial charge on any atom is -0.147 e. The third-order valence-electron chi connectivity index (χ3n) is 2.05. The van der Waals surface area contributed by atoms with Crippen molar-refractivity contribution in [2.24, 2.45) is 0 Å². The minimum Gasteiger partial charge on any atom is -0.147 e. The molecule has 1 rings (SSSR count). The fourth-order valence-corrected chi connectivity index (χ4v) is 1.60. The number of hydrogen-bond acceptors (Lipinski definition) is 1. The predicted octanol–water partition coefficient (Wildman–Crippen LogP) is 3.98. The van der Waals surface area contributed by atoms with Crippen LogP contribution in [0.5, 0.6) is 5.75 Å². The Labute approximate surface area is 117 Å². The molecule has 0 radical (unpaired) electrons. The second-order valence-electron chi connectivity index (χ2n) is 4.35. The van der Waals surface area contributed by atoms with E-state index in [1.54, 1.807) is 20.8 Å². The van der Waals surface area contributed by atoms with Gasteiger partial charge in [-0.15, -0.1) is 24.8 Å². The van der Waals surface area contributed by atoms with Gasteiger partial charge in [0.15, 0.2) is 0 Å². The monoisotopic (exact) mass is 283 g/mol. The molecule has 1 aromatic rings. The molecule has 0 aliphatic rings. The van der Waals surface area contributed by atoms with Gasteiger partial charge in [0.05, 0.1) is 0 Å². The van der Waals surface area contributed by atoms with Gasteiger partial charge in [-0.1, -0.05) is 0 Å². The first-order chi connectivity index (χ1) is 5.95. The van der Waals surface area contributed by atoms with E-state index in [-0.39, 0.29) is 30.2 Å². The van der Waals surface area contributed by atoms with Crippen molar-refractivity contribution >= 4 is 24.8 Å². The Bertz CT molecular complexity index is 308. The number of aryl methyl sites for hydroxylation is 1. The SMILES string of the molecule is Cc1ccc([O][Ti])c(C(C)(C)C)c1.Cl.Cl. The zero-order chi connectivity index (χ0) is 10.1. The van der Waals surface area contributed by atoms with Gasteiger partial charge < -0.3 is 0 Å². The van der Waals surface area contributed by atoms with E-state index in [0.29, 0.717) is 0 Å². The first kappa shape index (κ1) is 17.7. The Morgan fingerprint density at radius 3 is 2.07 bits per heavy atom. The molecule has 1 nitrogen and oxygen atoms in total. The van der Waals surface area contributed by atoms with Crippen LogP contribution in [0.15, 0.2) is 18.2 Å². The van der Waals surface area contributed by atoms with E-state index < -0.39 is 0 Å². The fourth-order valence-electron chi connectivity index (χ4n) is 1.32. The van der Waals surface area contributed by atoms with E-state index in [1.807, 2.05) is 6.07 Å². The second kappa shape index (κ2) is 6.80. The maximum atomic E-state index is 5.33. The zero-order valence-corrected chi connectivity index (χ0v) is 12.7. The first-order valence-electron chi connectivity index (χ1n) is 4.40. The second-order valence-corrected chi connectivity index (χ2v) is 4.67.